The van der Waals surface area contributed by atoms with Crippen LogP contribution in [-0.2, 0) is 6.42 Å². The number of thiophene rings is 1. The summed E-state index contributed by atoms with van der Waals surface area (Å²) in [6.07, 6.45) is 2.77. The van der Waals surface area contributed by atoms with Crippen LogP contribution in [0.2, 0.25) is 5.02 Å². The highest BCUT2D eigenvalue weighted by Gasteiger charge is 2.18. The number of ether oxygens (including phenoxy) is 1. The smallest absolute Gasteiger partial charge is 0.216 e. The summed E-state index contributed by atoms with van der Waals surface area (Å²) in [4.78, 5) is 14.1. The predicted molar refractivity (Wildman–Crippen MR) is 113 cm³/mol. The molecule has 160 valence electrons. The van der Waals surface area contributed by atoms with Gasteiger partial charge in [-0.1, -0.05) is 16.8 Å². The molecule has 0 aliphatic rings. The normalized spacial score (nSPS) is 11.0. The summed E-state index contributed by atoms with van der Waals surface area (Å²) in [5.74, 6) is 0.188. The summed E-state index contributed by atoms with van der Waals surface area (Å²) in [7, 11) is 0. The van der Waals surface area contributed by atoms with Crippen LogP contribution in [-0.4, -0.2) is 33.3 Å². The lowest BCUT2D eigenvalue weighted by atomic mass is 10.1. The Kier molecular flexibility index (Phi) is 6.38. The first-order chi connectivity index (χ1) is 15.1. The van der Waals surface area contributed by atoms with Crippen molar-refractivity contribution < 1.29 is 18.0 Å². The number of nitrogens with zero attached hydrogens (tertiary/aromatic N) is 4. The first-order valence-electron chi connectivity index (χ1n) is 9.28. The van der Waals surface area contributed by atoms with Crippen LogP contribution in [0.5, 0.6) is 5.75 Å². The molecule has 0 amide bonds. The molecule has 31 heavy (non-hydrogen) atoms. The van der Waals surface area contributed by atoms with E-state index in [9.17, 15) is 8.78 Å². The second-order valence-electron chi connectivity index (χ2n) is 6.28. The van der Waals surface area contributed by atoms with Crippen LogP contribution in [0.25, 0.3) is 21.3 Å². The lowest BCUT2D eigenvalue weighted by Gasteiger charge is -2.09. The van der Waals surface area contributed by atoms with Gasteiger partial charge in [0.15, 0.2) is 0 Å². The molecule has 4 aromatic rings. The summed E-state index contributed by atoms with van der Waals surface area (Å²) < 4.78 is 38.4. The molecule has 0 spiro atoms. The van der Waals surface area contributed by atoms with Gasteiger partial charge in [-0.2, -0.15) is 4.98 Å². The maximum Gasteiger partial charge on any atom is 0.216 e. The zero-order valence-electron chi connectivity index (χ0n) is 16.2. The van der Waals surface area contributed by atoms with Crippen LogP contribution in [0.4, 0.5) is 14.6 Å². The second kappa shape index (κ2) is 9.36. The molecule has 0 radical (unpaired) electrons. The second-order valence-corrected chi connectivity index (χ2v) is 7.74. The fourth-order valence-electron chi connectivity index (χ4n) is 2.89. The fraction of sp³-hybridized carbons (Fsp3) is 0.200. The average Bonchev–Trinajstić information content (AvgIpc) is 3.44. The average molecular weight is 464 g/mol. The van der Waals surface area contributed by atoms with Gasteiger partial charge in [-0.15, -0.1) is 11.3 Å². The van der Waals surface area contributed by atoms with E-state index in [1.54, 1.807) is 6.07 Å². The van der Waals surface area contributed by atoms with Gasteiger partial charge in [0.25, 0.3) is 0 Å². The minimum absolute atomic E-state index is 0.0707. The first-order valence-corrected chi connectivity index (χ1v) is 10.5. The van der Waals surface area contributed by atoms with Crippen molar-refractivity contribution in [1.82, 2.24) is 20.1 Å². The largest absolute Gasteiger partial charge is 0.492 e. The third-order valence-corrected chi connectivity index (χ3v) is 5.73. The molecule has 3 heterocycles. The van der Waals surface area contributed by atoms with Crippen molar-refractivity contribution in [2.75, 3.05) is 18.5 Å². The minimum Gasteiger partial charge on any atom is -0.492 e. The number of halogens is 3. The van der Waals surface area contributed by atoms with E-state index in [0.717, 1.165) is 15.8 Å². The molecule has 4 rings (SSSR count). The molecule has 0 unspecified atom stereocenters. The molecule has 11 heteroatoms. The lowest BCUT2D eigenvalue weighted by molar-refractivity contribution is 0.342. The fourth-order valence-corrected chi connectivity index (χ4v) is 4.07. The Hall–Kier alpha value is -3.11. The molecule has 0 saturated heterocycles. The molecule has 0 bridgehead atoms. The van der Waals surface area contributed by atoms with Crippen molar-refractivity contribution in [2.24, 2.45) is 0 Å². The Balaban J connectivity index is 1.51. The van der Waals surface area contributed by atoms with Crippen LogP contribution < -0.4 is 10.1 Å². The van der Waals surface area contributed by atoms with E-state index < -0.39 is 11.6 Å². The minimum atomic E-state index is -0.747. The number of nitrogens with one attached hydrogen (secondary N) is 1. The third-order valence-electron chi connectivity index (χ3n) is 4.30. The molecule has 1 aromatic carbocycles. The van der Waals surface area contributed by atoms with Crippen molar-refractivity contribution in [2.45, 2.75) is 13.3 Å². The van der Waals surface area contributed by atoms with Crippen molar-refractivity contribution in [3.63, 3.8) is 0 Å². The molecule has 0 aliphatic heterocycles. The molecule has 7 nitrogen and oxygen atoms in total. The van der Waals surface area contributed by atoms with E-state index in [2.05, 4.69) is 25.4 Å². The highest BCUT2D eigenvalue weighted by molar-refractivity contribution is 7.19. The highest BCUT2D eigenvalue weighted by Crippen LogP contribution is 2.41. The van der Waals surface area contributed by atoms with Crippen molar-refractivity contribution in [3.05, 3.63) is 59.2 Å². The summed E-state index contributed by atoms with van der Waals surface area (Å²) >= 11 is 7.14. The van der Waals surface area contributed by atoms with Crippen LogP contribution in [0.15, 0.2) is 41.5 Å². The number of benzene rings is 1. The Labute approximate surface area is 185 Å². The SMILES string of the molecule is CCOc1cc(-c2cc(NCCc3c(F)ccc(Cl)c3F)ncn2)sc1-c1ncon1. The van der Waals surface area contributed by atoms with Crippen molar-refractivity contribution in [1.29, 1.82) is 0 Å². The molecule has 1 N–H and O–H groups in total. The van der Waals surface area contributed by atoms with Gasteiger partial charge in [0, 0.05) is 24.2 Å². The molecule has 0 aliphatic carbocycles. The molecule has 0 fully saturated rings. The van der Waals surface area contributed by atoms with E-state index in [4.69, 9.17) is 20.9 Å². The van der Waals surface area contributed by atoms with E-state index in [1.165, 1.54) is 30.1 Å². The Morgan fingerprint density at radius 2 is 2.06 bits per heavy atom. The summed E-state index contributed by atoms with van der Waals surface area (Å²) in [5, 5.41) is 6.82. The van der Waals surface area contributed by atoms with Crippen LogP contribution >= 0.6 is 22.9 Å². The highest BCUT2D eigenvalue weighted by atomic mass is 35.5. The predicted octanol–water partition coefficient (Wildman–Crippen LogP) is 5.24. The van der Waals surface area contributed by atoms with Gasteiger partial charge in [-0.3, -0.25) is 0 Å². The van der Waals surface area contributed by atoms with Crippen molar-refractivity contribution >= 4 is 28.8 Å². The molecular formula is C20H16ClF2N5O2S. The molecular weight excluding hydrogens is 448 g/mol. The number of hydrogen-bond acceptors (Lipinski definition) is 8. The molecule has 0 saturated carbocycles. The monoisotopic (exact) mass is 463 g/mol. The Morgan fingerprint density at radius 1 is 1.19 bits per heavy atom. The maximum absolute atomic E-state index is 14.0. The molecule has 3 aromatic heterocycles. The van der Waals surface area contributed by atoms with E-state index in [1.807, 2.05) is 13.0 Å². The van der Waals surface area contributed by atoms with Gasteiger partial charge in [0.1, 0.15) is 34.4 Å². The number of anilines is 1. The van der Waals surface area contributed by atoms with Gasteiger partial charge in [-0.25, -0.2) is 18.7 Å². The van der Waals surface area contributed by atoms with Gasteiger partial charge >= 0.3 is 0 Å². The number of hydrogen-bond donors (Lipinski definition) is 1. The van der Waals surface area contributed by atoms with E-state index in [0.29, 0.717) is 29.7 Å². The van der Waals surface area contributed by atoms with Gasteiger partial charge < -0.3 is 14.6 Å². The summed E-state index contributed by atoms with van der Waals surface area (Å²) in [6.45, 7) is 2.62. The first kappa shape index (κ1) is 21.1. The van der Waals surface area contributed by atoms with Crippen molar-refractivity contribution in [3.8, 4) is 27.0 Å². The number of aromatic nitrogens is 4. The topological polar surface area (TPSA) is 86.0 Å². The quantitative estimate of drug-likeness (QED) is 0.357. The van der Waals surface area contributed by atoms with E-state index in [-0.39, 0.29) is 23.6 Å². The van der Waals surface area contributed by atoms with Crippen LogP contribution in [0.3, 0.4) is 0 Å². The van der Waals surface area contributed by atoms with E-state index >= 15 is 0 Å². The zero-order valence-corrected chi connectivity index (χ0v) is 17.8. The number of rotatable bonds is 8. The van der Waals surface area contributed by atoms with Crippen LogP contribution in [0.1, 0.15) is 12.5 Å². The standard InChI is InChI=1S/C20H16ClF2N5O2S/c1-2-29-15-8-16(31-19(15)20-27-10-30-28-20)14-7-17(26-9-25-14)24-6-5-11-13(22)4-3-12(21)18(11)23/h3-4,7-10H,2,5-6H2,1H3,(H,24,25,26). The van der Waals surface area contributed by atoms with Gasteiger partial charge in [0.2, 0.25) is 12.2 Å². The summed E-state index contributed by atoms with van der Waals surface area (Å²) in [6, 6.07) is 5.94. The van der Waals surface area contributed by atoms with Gasteiger partial charge in [0.05, 0.1) is 22.2 Å². The van der Waals surface area contributed by atoms with Gasteiger partial charge in [-0.05, 0) is 25.5 Å². The Bertz CT molecular complexity index is 1190. The maximum atomic E-state index is 14.0. The lowest BCUT2D eigenvalue weighted by Crippen LogP contribution is -2.09. The summed E-state index contributed by atoms with van der Waals surface area (Å²) in [5.41, 5.74) is 0.581. The third kappa shape index (κ3) is 4.64. The Morgan fingerprint density at radius 3 is 2.84 bits per heavy atom. The van der Waals surface area contributed by atoms with Crippen LogP contribution in [0, 0.1) is 11.6 Å². The zero-order chi connectivity index (χ0) is 21.8. The molecule has 0 atom stereocenters.